The summed E-state index contributed by atoms with van der Waals surface area (Å²) in [6, 6.07) is 5.53. The molecule has 0 radical (unpaired) electrons. The molecule has 0 aromatic heterocycles. The molecule has 0 heterocycles. The number of aryl methyl sites for hydroxylation is 1. The molecule has 0 atom stereocenters. The predicted octanol–water partition coefficient (Wildman–Crippen LogP) is 3.37. The lowest BCUT2D eigenvalue weighted by Gasteiger charge is -2.20. The molecule has 0 spiro atoms. The van der Waals surface area contributed by atoms with Gasteiger partial charge in [0, 0.05) is 13.6 Å². The molecule has 0 saturated heterocycles. The van der Waals surface area contributed by atoms with Gasteiger partial charge in [0.15, 0.2) is 0 Å². The number of nitrogens with zero attached hydrogens (tertiary/aromatic N) is 1. The van der Waals surface area contributed by atoms with Gasteiger partial charge in [0.1, 0.15) is 5.82 Å². The average molecular weight is 195 g/mol. The Morgan fingerprint density at radius 3 is 2.71 bits per heavy atom. The molecule has 2 heteroatoms. The van der Waals surface area contributed by atoms with Crippen molar-refractivity contribution in [3.05, 3.63) is 29.6 Å². The number of rotatable bonds is 4. The van der Waals surface area contributed by atoms with Crippen LogP contribution in [0.1, 0.15) is 25.3 Å². The minimum absolute atomic E-state index is 0.0916. The van der Waals surface area contributed by atoms with Gasteiger partial charge in [-0.15, -0.1) is 0 Å². The largest absolute Gasteiger partial charge is 0.372 e. The van der Waals surface area contributed by atoms with Gasteiger partial charge in [0.25, 0.3) is 0 Å². The smallest absolute Gasteiger partial charge is 0.149 e. The summed E-state index contributed by atoms with van der Waals surface area (Å²) in [5, 5.41) is 0. The first-order chi connectivity index (χ1) is 6.66. The Bertz CT molecular complexity index is 296. The average Bonchev–Trinajstić information content (AvgIpc) is 2.18. The Balaban J connectivity index is 2.79. The maximum Gasteiger partial charge on any atom is 0.149 e. The third-order valence-corrected chi connectivity index (χ3v) is 2.43. The fourth-order valence-electron chi connectivity index (χ4n) is 1.44. The Labute approximate surface area is 85.5 Å². The summed E-state index contributed by atoms with van der Waals surface area (Å²) in [5.41, 5.74) is 1.42. The fraction of sp³-hybridized carbons (Fsp3) is 0.500. The molecule has 0 N–H and O–H groups in total. The third kappa shape index (κ3) is 2.47. The standard InChI is InChI=1S/C12H18FN/c1-4-5-9-14(3)11-8-6-7-10(2)12(11)13/h6-8H,4-5,9H2,1-3H3. The molecule has 0 aliphatic rings. The quantitative estimate of drug-likeness (QED) is 0.712. The third-order valence-electron chi connectivity index (χ3n) is 2.43. The first-order valence-corrected chi connectivity index (χ1v) is 5.13. The summed E-state index contributed by atoms with van der Waals surface area (Å²) in [6.45, 7) is 4.85. The van der Waals surface area contributed by atoms with E-state index < -0.39 is 0 Å². The lowest BCUT2D eigenvalue weighted by Crippen LogP contribution is -2.19. The molecule has 0 amide bonds. The molecular formula is C12H18FN. The minimum Gasteiger partial charge on any atom is -0.372 e. The van der Waals surface area contributed by atoms with Crippen molar-refractivity contribution in [1.29, 1.82) is 0 Å². The highest BCUT2D eigenvalue weighted by molar-refractivity contribution is 5.49. The van der Waals surface area contributed by atoms with E-state index in [1.807, 2.05) is 24.1 Å². The number of unbranched alkanes of at least 4 members (excludes halogenated alkanes) is 1. The van der Waals surface area contributed by atoms with Crippen LogP contribution in [0.15, 0.2) is 18.2 Å². The molecule has 1 aromatic carbocycles. The molecule has 14 heavy (non-hydrogen) atoms. The van der Waals surface area contributed by atoms with Crippen LogP contribution in [0, 0.1) is 12.7 Å². The van der Waals surface area contributed by atoms with Gasteiger partial charge in [0.05, 0.1) is 5.69 Å². The van der Waals surface area contributed by atoms with Crippen LogP contribution in [-0.2, 0) is 0 Å². The van der Waals surface area contributed by atoms with E-state index in [0.717, 1.165) is 19.4 Å². The molecule has 78 valence electrons. The molecule has 1 aromatic rings. The predicted molar refractivity (Wildman–Crippen MR) is 59.3 cm³/mol. The van der Waals surface area contributed by atoms with Crippen LogP contribution in [0.5, 0.6) is 0 Å². The van der Waals surface area contributed by atoms with Gasteiger partial charge in [-0.3, -0.25) is 0 Å². The first-order valence-electron chi connectivity index (χ1n) is 5.13. The van der Waals surface area contributed by atoms with Gasteiger partial charge >= 0.3 is 0 Å². The Kier molecular flexibility index (Phi) is 3.93. The van der Waals surface area contributed by atoms with Crippen LogP contribution in [0.2, 0.25) is 0 Å². The second-order valence-corrected chi connectivity index (χ2v) is 3.68. The summed E-state index contributed by atoms with van der Waals surface area (Å²) in [7, 11) is 1.94. The van der Waals surface area contributed by atoms with Crippen LogP contribution in [-0.4, -0.2) is 13.6 Å². The Morgan fingerprint density at radius 2 is 2.07 bits per heavy atom. The first kappa shape index (κ1) is 11.0. The fourth-order valence-corrected chi connectivity index (χ4v) is 1.44. The van der Waals surface area contributed by atoms with E-state index in [2.05, 4.69) is 6.92 Å². The normalized spacial score (nSPS) is 10.3. The molecule has 1 rings (SSSR count). The van der Waals surface area contributed by atoms with E-state index >= 15 is 0 Å². The highest BCUT2D eigenvalue weighted by Crippen LogP contribution is 2.20. The lowest BCUT2D eigenvalue weighted by atomic mass is 10.2. The van der Waals surface area contributed by atoms with E-state index in [1.165, 1.54) is 0 Å². The van der Waals surface area contributed by atoms with E-state index in [9.17, 15) is 4.39 Å². The van der Waals surface area contributed by atoms with Crippen LogP contribution in [0.4, 0.5) is 10.1 Å². The van der Waals surface area contributed by atoms with Gasteiger partial charge in [0.2, 0.25) is 0 Å². The molecule has 0 saturated carbocycles. The second-order valence-electron chi connectivity index (χ2n) is 3.68. The number of hydrogen-bond donors (Lipinski definition) is 0. The van der Waals surface area contributed by atoms with E-state index in [4.69, 9.17) is 0 Å². The molecule has 0 bridgehead atoms. The zero-order valence-electron chi connectivity index (χ0n) is 9.18. The lowest BCUT2D eigenvalue weighted by molar-refractivity contribution is 0.611. The molecule has 0 aliphatic heterocycles. The van der Waals surface area contributed by atoms with Crippen molar-refractivity contribution in [1.82, 2.24) is 0 Å². The molecule has 1 nitrogen and oxygen atoms in total. The van der Waals surface area contributed by atoms with Crippen LogP contribution < -0.4 is 4.90 Å². The number of halogens is 1. The summed E-state index contributed by atoms with van der Waals surface area (Å²) in [4.78, 5) is 1.98. The summed E-state index contributed by atoms with van der Waals surface area (Å²) in [6.07, 6.45) is 2.24. The van der Waals surface area contributed by atoms with Gasteiger partial charge in [-0.1, -0.05) is 25.5 Å². The van der Waals surface area contributed by atoms with Crippen LogP contribution in [0.25, 0.3) is 0 Å². The number of hydrogen-bond acceptors (Lipinski definition) is 1. The molecule has 0 unspecified atom stereocenters. The number of benzene rings is 1. The van der Waals surface area contributed by atoms with Crippen LogP contribution in [0.3, 0.4) is 0 Å². The van der Waals surface area contributed by atoms with Gasteiger partial charge in [-0.25, -0.2) is 4.39 Å². The summed E-state index contributed by atoms with van der Waals surface area (Å²) >= 11 is 0. The van der Waals surface area contributed by atoms with Crippen LogP contribution >= 0.6 is 0 Å². The monoisotopic (exact) mass is 195 g/mol. The van der Waals surface area contributed by atoms with E-state index in [-0.39, 0.29) is 5.82 Å². The van der Waals surface area contributed by atoms with Gasteiger partial charge in [-0.05, 0) is 25.0 Å². The maximum absolute atomic E-state index is 13.6. The van der Waals surface area contributed by atoms with Crippen molar-refractivity contribution < 1.29 is 4.39 Å². The van der Waals surface area contributed by atoms with Crippen molar-refractivity contribution in [3.63, 3.8) is 0 Å². The topological polar surface area (TPSA) is 3.24 Å². The molecule has 0 fully saturated rings. The Hall–Kier alpha value is -1.05. The summed E-state index contributed by atoms with van der Waals surface area (Å²) < 4.78 is 13.6. The van der Waals surface area contributed by atoms with E-state index in [0.29, 0.717) is 11.3 Å². The molecule has 0 aliphatic carbocycles. The molecular weight excluding hydrogens is 177 g/mol. The van der Waals surface area contributed by atoms with Gasteiger partial charge < -0.3 is 4.90 Å². The van der Waals surface area contributed by atoms with Crippen molar-refractivity contribution in [3.8, 4) is 0 Å². The zero-order chi connectivity index (χ0) is 10.6. The zero-order valence-corrected chi connectivity index (χ0v) is 9.18. The van der Waals surface area contributed by atoms with Crippen molar-refractivity contribution in [2.45, 2.75) is 26.7 Å². The maximum atomic E-state index is 13.6. The SMILES string of the molecule is CCCCN(C)c1cccc(C)c1F. The van der Waals surface area contributed by atoms with Crippen molar-refractivity contribution >= 4 is 5.69 Å². The highest BCUT2D eigenvalue weighted by Gasteiger charge is 2.08. The highest BCUT2D eigenvalue weighted by atomic mass is 19.1. The van der Waals surface area contributed by atoms with Gasteiger partial charge in [-0.2, -0.15) is 0 Å². The number of anilines is 1. The second kappa shape index (κ2) is 4.99. The summed E-state index contributed by atoms with van der Waals surface area (Å²) in [5.74, 6) is -0.0916. The van der Waals surface area contributed by atoms with Crippen molar-refractivity contribution in [2.75, 3.05) is 18.5 Å². The Morgan fingerprint density at radius 1 is 1.36 bits per heavy atom. The van der Waals surface area contributed by atoms with Crippen molar-refractivity contribution in [2.24, 2.45) is 0 Å². The van der Waals surface area contributed by atoms with E-state index in [1.54, 1.807) is 13.0 Å². The minimum atomic E-state index is -0.0916.